The van der Waals surface area contributed by atoms with Gasteiger partial charge in [-0.1, -0.05) is 0 Å². The Balaban J connectivity index is 2.89. The number of nitrogens with one attached hydrogen (secondary N) is 2. The van der Waals surface area contributed by atoms with Gasteiger partial charge in [-0.25, -0.2) is 8.42 Å². The Morgan fingerprint density at radius 1 is 1.45 bits per heavy atom. The molecule has 8 heteroatoms. The second kappa shape index (κ2) is 7.11. The zero-order valence-corrected chi connectivity index (χ0v) is 12.3. The van der Waals surface area contributed by atoms with Gasteiger partial charge in [-0.3, -0.25) is 10.1 Å². The van der Waals surface area contributed by atoms with Gasteiger partial charge in [0.2, 0.25) is 10.0 Å². The maximum absolute atomic E-state index is 11.8. The van der Waals surface area contributed by atoms with Crippen molar-refractivity contribution in [3.8, 4) is 5.75 Å². The van der Waals surface area contributed by atoms with Gasteiger partial charge in [0.1, 0.15) is 11.6 Å². The monoisotopic (exact) mass is 301 g/mol. The molecule has 0 aromatic heterocycles. The van der Waals surface area contributed by atoms with Crippen molar-refractivity contribution in [2.75, 3.05) is 30.8 Å². The van der Waals surface area contributed by atoms with Gasteiger partial charge in [0, 0.05) is 12.2 Å². The number of sulfonamides is 1. The number of amidine groups is 1. The topological polar surface area (TPSA) is 114 Å². The summed E-state index contributed by atoms with van der Waals surface area (Å²) in [5.74, 6) is 0.0464. The smallest absolute Gasteiger partial charge is 0.235 e. The molecule has 0 aliphatic rings. The molecule has 1 aromatic rings. The van der Waals surface area contributed by atoms with E-state index in [1.54, 1.807) is 13.0 Å². The molecule has 20 heavy (non-hydrogen) atoms. The van der Waals surface area contributed by atoms with Crippen LogP contribution >= 0.6 is 0 Å². The molecule has 0 atom stereocenters. The molecule has 1 rings (SSSR count). The van der Waals surface area contributed by atoms with E-state index in [2.05, 4.69) is 4.72 Å². The Hall–Kier alpha value is -1.80. The van der Waals surface area contributed by atoms with Gasteiger partial charge in [0.15, 0.2) is 0 Å². The highest BCUT2D eigenvalue weighted by molar-refractivity contribution is 7.92. The van der Waals surface area contributed by atoms with E-state index in [1.807, 2.05) is 0 Å². The first-order chi connectivity index (χ1) is 9.39. The lowest BCUT2D eigenvalue weighted by Crippen LogP contribution is -2.21. The number of rotatable bonds is 8. The van der Waals surface area contributed by atoms with Crippen LogP contribution in [0.3, 0.4) is 0 Å². The van der Waals surface area contributed by atoms with Crippen LogP contribution in [0.25, 0.3) is 0 Å². The summed E-state index contributed by atoms with van der Waals surface area (Å²) >= 11 is 0. The normalized spacial score (nSPS) is 11.1. The van der Waals surface area contributed by atoms with Crippen molar-refractivity contribution >= 4 is 21.5 Å². The molecular formula is C12H19N3O4S. The Bertz CT molecular complexity index is 572. The van der Waals surface area contributed by atoms with Crippen molar-refractivity contribution in [3.63, 3.8) is 0 Å². The molecule has 0 spiro atoms. The van der Waals surface area contributed by atoms with Crippen LogP contribution in [0.2, 0.25) is 0 Å². The summed E-state index contributed by atoms with van der Waals surface area (Å²) in [6, 6.07) is 4.56. The molecule has 0 radical (unpaired) electrons. The van der Waals surface area contributed by atoms with Crippen LogP contribution in [-0.4, -0.2) is 40.3 Å². The van der Waals surface area contributed by atoms with E-state index in [0.29, 0.717) is 23.6 Å². The van der Waals surface area contributed by atoms with Gasteiger partial charge in [0.05, 0.1) is 25.2 Å². The second-order valence-electron chi connectivity index (χ2n) is 3.95. The number of methoxy groups -OCH3 is 1. The molecule has 0 amide bonds. The number of nitrogens with two attached hydrogens (primary N) is 1. The Morgan fingerprint density at radius 3 is 2.70 bits per heavy atom. The first kappa shape index (κ1) is 16.3. The van der Waals surface area contributed by atoms with Crippen molar-refractivity contribution in [2.45, 2.75) is 6.92 Å². The van der Waals surface area contributed by atoms with Gasteiger partial charge >= 0.3 is 0 Å². The summed E-state index contributed by atoms with van der Waals surface area (Å²) in [7, 11) is -2.10. The van der Waals surface area contributed by atoms with Crippen LogP contribution in [0.15, 0.2) is 18.2 Å². The van der Waals surface area contributed by atoms with Crippen LogP contribution in [0.5, 0.6) is 5.75 Å². The highest BCUT2D eigenvalue weighted by atomic mass is 32.2. The summed E-state index contributed by atoms with van der Waals surface area (Å²) in [5.41, 5.74) is 6.13. The number of hydrogen-bond acceptors (Lipinski definition) is 5. The highest BCUT2D eigenvalue weighted by Gasteiger charge is 2.14. The lowest BCUT2D eigenvalue weighted by Gasteiger charge is -2.13. The summed E-state index contributed by atoms with van der Waals surface area (Å²) in [5, 5.41) is 7.34. The minimum atomic E-state index is -3.51. The molecule has 0 fully saturated rings. The van der Waals surface area contributed by atoms with E-state index in [0.717, 1.165) is 0 Å². The zero-order valence-electron chi connectivity index (χ0n) is 11.5. The third kappa shape index (κ3) is 4.71. The number of ether oxygens (including phenoxy) is 2. The fourth-order valence-corrected chi connectivity index (χ4v) is 2.42. The minimum Gasteiger partial charge on any atom is -0.495 e. The first-order valence-electron chi connectivity index (χ1n) is 6.00. The molecule has 1 aromatic carbocycles. The van der Waals surface area contributed by atoms with Crippen LogP contribution in [0.4, 0.5) is 5.69 Å². The fourth-order valence-electron chi connectivity index (χ4n) is 1.47. The van der Waals surface area contributed by atoms with Crippen molar-refractivity contribution in [1.82, 2.24) is 0 Å². The third-order valence-corrected chi connectivity index (χ3v) is 3.71. The maximum atomic E-state index is 11.8. The number of nitrogen functional groups attached to an aromatic ring is 1. The average Bonchev–Trinajstić information content (AvgIpc) is 2.38. The van der Waals surface area contributed by atoms with E-state index in [9.17, 15) is 8.42 Å². The van der Waals surface area contributed by atoms with E-state index >= 15 is 0 Å². The highest BCUT2D eigenvalue weighted by Crippen LogP contribution is 2.26. The molecule has 0 saturated heterocycles. The fraction of sp³-hybridized carbons (Fsp3) is 0.417. The SMILES string of the molecule is CCOCCS(=O)(=O)Nc1ccc(C(=N)N)cc1OC. The molecule has 112 valence electrons. The summed E-state index contributed by atoms with van der Waals surface area (Å²) in [4.78, 5) is 0. The predicted molar refractivity (Wildman–Crippen MR) is 77.9 cm³/mol. The standard InChI is InChI=1S/C12H19N3O4S/c1-3-19-6-7-20(16,17)15-10-5-4-9(12(13)14)8-11(10)18-2/h4-5,8,15H,3,6-7H2,1-2H3,(H3,13,14). The van der Waals surface area contributed by atoms with Crippen LogP contribution in [-0.2, 0) is 14.8 Å². The van der Waals surface area contributed by atoms with Crippen LogP contribution < -0.4 is 15.2 Å². The quantitative estimate of drug-likeness (QED) is 0.372. The summed E-state index contributed by atoms with van der Waals surface area (Å²) in [6.45, 7) is 2.38. The van der Waals surface area contributed by atoms with E-state index in [-0.39, 0.29) is 18.2 Å². The predicted octanol–water partition coefficient (Wildman–Crippen LogP) is 0.757. The average molecular weight is 301 g/mol. The molecule has 0 bridgehead atoms. The van der Waals surface area contributed by atoms with Crippen molar-refractivity contribution < 1.29 is 17.9 Å². The summed E-state index contributed by atoms with van der Waals surface area (Å²) in [6.07, 6.45) is 0. The van der Waals surface area contributed by atoms with Crippen LogP contribution in [0, 0.1) is 5.41 Å². The lowest BCUT2D eigenvalue weighted by molar-refractivity contribution is 0.163. The molecule has 0 unspecified atom stereocenters. The Kier molecular flexibility index (Phi) is 5.78. The molecule has 7 nitrogen and oxygen atoms in total. The number of anilines is 1. The molecule has 0 saturated carbocycles. The second-order valence-corrected chi connectivity index (χ2v) is 5.79. The third-order valence-electron chi connectivity index (χ3n) is 2.48. The lowest BCUT2D eigenvalue weighted by atomic mass is 10.2. The van der Waals surface area contributed by atoms with E-state index in [1.165, 1.54) is 19.2 Å². The molecule has 0 aliphatic carbocycles. The van der Waals surface area contributed by atoms with Gasteiger partial charge in [-0.2, -0.15) is 0 Å². The largest absolute Gasteiger partial charge is 0.495 e. The Labute approximate surface area is 118 Å². The Morgan fingerprint density at radius 2 is 2.15 bits per heavy atom. The zero-order chi connectivity index (χ0) is 15.2. The number of hydrogen-bond donors (Lipinski definition) is 3. The molecule has 0 aliphatic heterocycles. The van der Waals surface area contributed by atoms with Crippen molar-refractivity contribution in [3.05, 3.63) is 23.8 Å². The maximum Gasteiger partial charge on any atom is 0.235 e. The van der Waals surface area contributed by atoms with E-state index in [4.69, 9.17) is 20.6 Å². The van der Waals surface area contributed by atoms with E-state index < -0.39 is 10.0 Å². The minimum absolute atomic E-state index is 0.117. The van der Waals surface area contributed by atoms with Gasteiger partial charge in [-0.05, 0) is 25.1 Å². The van der Waals surface area contributed by atoms with Crippen LogP contribution in [0.1, 0.15) is 12.5 Å². The molecule has 0 heterocycles. The van der Waals surface area contributed by atoms with Gasteiger partial charge in [0.25, 0.3) is 0 Å². The molecular weight excluding hydrogens is 282 g/mol. The van der Waals surface area contributed by atoms with Gasteiger partial charge in [-0.15, -0.1) is 0 Å². The molecule has 4 N–H and O–H groups in total. The van der Waals surface area contributed by atoms with Crippen molar-refractivity contribution in [2.24, 2.45) is 5.73 Å². The van der Waals surface area contributed by atoms with Crippen molar-refractivity contribution in [1.29, 1.82) is 5.41 Å². The van der Waals surface area contributed by atoms with Gasteiger partial charge < -0.3 is 15.2 Å². The first-order valence-corrected chi connectivity index (χ1v) is 7.65. The number of benzene rings is 1. The summed E-state index contributed by atoms with van der Waals surface area (Å²) < 4.78 is 36.2.